The summed E-state index contributed by atoms with van der Waals surface area (Å²) in [5.41, 5.74) is 2.45. The maximum Gasteiger partial charge on any atom is 0.271 e. The number of hydrogen-bond donors (Lipinski definition) is 1. The van der Waals surface area contributed by atoms with Gasteiger partial charge in [-0.1, -0.05) is 24.3 Å². The van der Waals surface area contributed by atoms with Gasteiger partial charge in [0.1, 0.15) is 5.75 Å². The number of hydrogen-bond acceptors (Lipinski definition) is 5. The van der Waals surface area contributed by atoms with Gasteiger partial charge in [0, 0.05) is 33.9 Å². The van der Waals surface area contributed by atoms with Gasteiger partial charge in [0.15, 0.2) is 0 Å². The van der Waals surface area contributed by atoms with Crippen molar-refractivity contribution >= 4 is 29.0 Å². The van der Waals surface area contributed by atoms with Gasteiger partial charge in [0.2, 0.25) is 0 Å². The predicted molar refractivity (Wildman–Crippen MR) is 115 cm³/mol. The number of nitrogens with one attached hydrogen (secondary N) is 1. The van der Waals surface area contributed by atoms with E-state index in [1.807, 2.05) is 30.3 Å². The third kappa shape index (κ3) is 5.14. The average molecular weight is 408 g/mol. The van der Waals surface area contributed by atoms with Crippen LogP contribution in [0.2, 0.25) is 0 Å². The van der Waals surface area contributed by atoms with Crippen molar-refractivity contribution in [1.82, 2.24) is 0 Å². The lowest BCUT2D eigenvalue weighted by molar-refractivity contribution is -0.384. The molecule has 0 aliphatic carbocycles. The highest BCUT2D eigenvalue weighted by molar-refractivity contribution is 7.98. The molecule has 3 aromatic carbocycles. The van der Waals surface area contributed by atoms with Crippen LogP contribution in [0.15, 0.2) is 71.6 Å². The fraction of sp³-hybridized carbons (Fsp3) is 0.136. The van der Waals surface area contributed by atoms with Crippen molar-refractivity contribution in [3.63, 3.8) is 0 Å². The van der Waals surface area contributed by atoms with Crippen LogP contribution in [0.25, 0.3) is 0 Å². The van der Waals surface area contributed by atoms with E-state index in [0.29, 0.717) is 22.8 Å². The zero-order valence-corrected chi connectivity index (χ0v) is 16.9. The molecule has 0 aliphatic rings. The van der Waals surface area contributed by atoms with Crippen LogP contribution >= 0.6 is 11.8 Å². The second-order valence-corrected chi connectivity index (χ2v) is 7.39. The highest BCUT2D eigenvalue weighted by Crippen LogP contribution is 2.29. The van der Waals surface area contributed by atoms with E-state index in [0.717, 1.165) is 16.0 Å². The Labute approximate surface area is 173 Å². The molecule has 6 nitrogen and oxygen atoms in total. The number of rotatable bonds is 7. The molecule has 1 N–H and O–H groups in total. The lowest BCUT2D eigenvalue weighted by atomic mass is 10.1. The largest absolute Gasteiger partial charge is 0.496 e. The summed E-state index contributed by atoms with van der Waals surface area (Å²) in [5, 5.41) is 13.8. The molecular weight excluding hydrogens is 388 g/mol. The molecule has 0 saturated heterocycles. The van der Waals surface area contributed by atoms with E-state index in [4.69, 9.17) is 4.74 Å². The summed E-state index contributed by atoms with van der Waals surface area (Å²) in [6, 6.07) is 19.6. The molecule has 0 radical (unpaired) electrons. The Morgan fingerprint density at radius 3 is 2.55 bits per heavy atom. The Hall–Kier alpha value is -3.32. The molecule has 0 fully saturated rings. The fourth-order valence-electron chi connectivity index (χ4n) is 2.76. The summed E-state index contributed by atoms with van der Waals surface area (Å²) in [5.74, 6) is 1.02. The van der Waals surface area contributed by atoms with Gasteiger partial charge in [0.05, 0.1) is 17.7 Å². The Bertz CT molecular complexity index is 1040. The van der Waals surface area contributed by atoms with Crippen molar-refractivity contribution in [2.75, 3.05) is 12.4 Å². The first-order valence-corrected chi connectivity index (χ1v) is 9.87. The molecule has 0 heterocycles. The zero-order valence-electron chi connectivity index (χ0n) is 16.0. The molecular formula is C22H20N2O4S. The number of carbonyl (C=O) groups excluding carboxylic acids is 1. The van der Waals surface area contributed by atoms with E-state index in [9.17, 15) is 14.9 Å². The summed E-state index contributed by atoms with van der Waals surface area (Å²) in [6.45, 7) is 1.79. The van der Waals surface area contributed by atoms with Crippen molar-refractivity contribution in [3.05, 3.63) is 93.5 Å². The highest BCUT2D eigenvalue weighted by atomic mass is 32.2. The molecule has 0 saturated carbocycles. The highest BCUT2D eigenvalue weighted by Gasteiger charge is 2.14. The van der Waals surface area contributed by atoms with Crippen LogP contribution in [0.1, 0.15) is 21.5 Å². The van der Waals surface area contributed by atoms with Gasteiger partial charge in [-0.05, 0) is 42.8 Å². The molecule has 148 valence electrons. The Kier molecular flexibility index (Phi) is 6.51. The van der Waals surface area contributed by atoms with Crippen LogP contribution < -0.4 is 10.1 Å². The lowest BCUT2D eigenvalue weighted by Gasteiger charge is -2.12. The smallest absolute Gasteiger partial charge is 0.271 e. The normalized spacial score (nSPS) is 10.4. The third-order valence-corrected chi connectivity index (χ3v) is 5.42. The van der Waals surface area contributed by atoms with Gasteiger partial charge < -0.3 is 10.1 Å². The van der Waals surface area contributed by atoms with Gasteiger partial charge >= 0.3 is 0 Å². The molecule has 3 aromatic rings. The standard InChI is InChI=1S/C22H20N2O4S/c1-15-8-10-18(24(26)27)13-20(15)23-22(25)16-9-11-21(28-2)17(12-16)14-29-19-6-4-3-5-7-19/h3-13H,14H2,1-2H3,(H,23,25). The quantitative estimate of drug-likeness (QED) is 0.319. The fourth-order valence-corrected chi connectivity index (χ4v) is 3.66. The number of benzene rings is 3. The Morgan fingerprint density at radius 1 is 1.10 bits per heavy atom. The molecule has 0 spiro atoms. The topological polar surface area (TPSA) is 81.5 Å². The molecule has 3 rings (SSSR count). The minimum absolute atomic E-state index is 0.0689. The summed E-state index contributed by atoms with van der Waals surface area (Å²) in [7, 11) is 1.60. The molecule has 0 unspecified atom stereocenters. The number of nitro groups is 1. The number of carbonyl (C=O) groups is 1. The average Bonchev–Trinajstić information content (AvgIpc) is 2.74. The summed E-state index contributed by atoms with van der Waals surface area (Å²) in [4.78, 5) is 24.4. The van der Waals surface area contributed by atoms with E-state index in [-0.39, 0.29) is 11.6 Å². The number of nitrogens with zero attached hydrogens (tertiary/aromatic N) is 1. The van der Waals surface area contributed by atoms with E-state index >= 15 is 0 Å². The van der Waals surface area contributed by atoms with Crippen molar-refractivity contribution in [2.24, 2.45) is 0 Å². The molecule has 29 heavy (non-hydrogen) atoms. The second-order valence-electron chi connectivity index (χ2n) is 6.34. The number of anilines is 1. The van der Waals surface area contributed by atoms with Gasteiger partial charge in [-0.25, -0.2) is 0 Å². The predicted octanol–water partition coefficient (Wildman–Crippen LogP) is 5.46. The number of ether oxygens (including phenoxy) is 1. The van der Waals surface area contributed by atoms with Crippen LogP contribution in [0, 0.1) is 17.0 Å². The van der Waals surface area contributed by atoms with E-state index in [1.165, 1.54) is 12.1 Å². The summed E-state index contributed by atoms with van der Waals surface area (Å²) < 4.78 is 5.43. The SMILES string of the molecule is COc1ccc(C(=O)Nc2cc([N+](=O)[O-])ccc2C)cc1CSc1ccccc1. The van der Waals surface area contributed by atoms with Crippen LogP contribution in [0.3, 0.4) is 0 Å². The maximum absolute atomic E-state index is 12.7. The number of aryl methyl sites for hydroxylation is 1. The van der Waals surface area contributed by atoms with Crippen molar-refractivity contribution < 1.29 is 14.5 Å². The van der Waals surface area contributed by atoms with Crippen LogP contribution in [-0.2, 0) is 5.75 Å². The molecule has 7 heteroatoms. The van der Waals surface area contributed by atoms with Crippen LogP contribution in [0.4, 0.5) is 11.4 Å². The number of non-ortho nitro benzene ring substituents is 1. The zero-order chi connectivity index (χ0) is 20.8. The van der Waals surface area contributed by atoms with Gasteiger partial charge in [-0.15, -0.1) is 11.8 Å². The second kappa shape index (κ2) is 9.25. The minimum Gasteiger partial charge on any atom is -0.496 e. The van der Waals surface area contributed by atoms with E-state index in [2.05, 4.69) is 5.32 Å². The summed E-state index contributed by atoms with van der Waals surface area (Å²) in [6.07, 6.45) is 0. The molecule has 1 amide bonds. The van der Waals surface area contributed by atoms with E-state index < -0.39 is 4.92 Å². The van der Waals surface area contributed by atoms with E-state index in [1.54, 1.807) is 50.1 Å². The van der Waals surface area contributed by atoms with Crippen molar-refractivity contribution in [3.8, 4) is 5.75 Å². The van der Waals surface area contributed by atoms with Crippen molar-refractivity contribution in [2.45, 2.75) is 17.6 Å². The third-order valence-electron chi connectivity index (χ3n) is 4.36. The van der Waals surface area contributed by atoms with Crippen molar-refractivity contribution in [1.29, 1.82) is 0 Å². The number of nitro benzene ring substituents is 1. The minimum atomic E-state index is -0.485. The number of thioether (sulfide) groups is 1. The van der Waals surface area contributed by atoms with Gasteiger partial charge in [0.25, 0.3) is 11.6 Å². The number of amides is 1. The first-order valence-electron chi connectivity index (χ1n) is 8.89. The lowest BCUT2D eigenvalue weighted by Crippen LogP contribution is -2.13. The molecule has 0 aliphatic heterocycles. The maximum atomic E-state index is 12.7. The first-order chi connectivity index (χ1) is 14.0. The number of methoxy groups -OCH3 is 1. The van der Waals surface area contributed by atoms with Gasteiger partial charge in [-0.3, -0.25) is 14.9 Å². The Balaban J connectivity index is 1.80. The van der Waals surface area contributed by atoms with Crippen LogP contribution in [-0.4, -0.2) is 17.9 Å². The Morgan fingerprint density at radius 2 is 1.86 bits per heavy atom. The molecule has 0 bridgehead atoms. The molecule has 0 aromatic heterocycles. The van der Waals surface area contributed by atoms with Gasteiger partial charge in [-0.2, -0.15) is 0 Å². The summed E-state index contributed by atoms with van der Waals surface area (Å²) >= 11 is 1.65. The molecule has 0 atom stereocenters. The first kappa shape index (κ1) is 20.4. The van der Waals surface area contributed by atoms with Crippen LogP contribution in [0.5, 0.6) is 5.75 Å². The monoisotopic (exact) mass is 408 g/mol.